The average molecular weight is 265 g/mol. The lowest BCUT2D eigenvalue weighted by atomic mass is 10.2. The minimum atomic E-state index is -0.376. The van der Waals surface area contributed by atoms with Gasteiger partial charge in [-0.05, 0) is 30.9 Å². The second kappa shape index (κ2) is 6.38. The van der Waals surface area contributed by atoms with Crippen molar-refractivity contribution >= 4 is 17.1 Å². The van der Waals surface area contributed by atoms with Gasteiger partial charge in [0.15, 0.2) is 0 Å². The van der Waals surface area contributed by atoms with Gasteiger partial charge in [0.2, 0.25) is 0 Å². The number of anilines is 2. The molecule has 6 nitrogen and oxygen atoms in total. The van der Waals surface area contributed by atoms with E-state index in [2.05, 4.69) is 10.6 Å². The van der Waals surface area contributed by atoms with E-state index in [-0.39, 0.29) is 10.6 Å². The zero-order valence-electron chi connectivity index (χ0n) is 11.0. The SMILES string of the molecule is CNc1cccc(NCCOCC2CC2)c1[N+](=O)[O-]. The Morgan fingerprint density at radius 3 is 2.79 bits per heavy atom. The number of benzene rings is 1. The predicted molar refractivity (Wildman–Crippen MR) is 74.7 cm³/mol. The average Bonchev–Trinajstić information content (AvgIpc) is 3.21. The van der Waals surface area contributed by atoms with E-state index in [1.807, 2.05) is 0 Å². The number of nitrogens with zero attached hydrogens (tertiary/aromatic N) is 1. The summed E-state index contributed by atoms with van der Waals surface area (Å²) in [4.78, 5) is 10.7. The fourth-order valence-corrected chi connectivity index (χ4v) is 1.88. The summed E-state index contributed by atoms with van der Waals surface area (Å²) in [5.41, 5.74) is 1.10. The van der Waals surface area contributed by atoms with Gasteiger partial charge in [-0.2, -0.15) is 0 Å². The van der Waals surface area contributed by atoms with Crippen LogP contribution in [-0.2, 0) is 4.74 Å². The molecule has 0 aromatic heterocycles. The largest absolute Gasteiger partial charge is 0.382 e. The topological polar surface area (TPSA) is 76.4 Å². The molecule has 1 aliphatic rings. The van der Waals surface area contributed by atoms with Gasteiger partial charge >= 0.3 is 5.69 Å². The van der Waals surface area contributed by atoms with Crippen LogP contribution in [0.15, 0.2) is 18.2 Å². The first-order chi connectivity index (χ1) is 9.22. The van der Waals surface area contributed by atoms with Gasteiger partial charge < -0.3 is 15.4 Å². The highest BCUT2D eigenvalue weighted by atomic mass is 16.6. The van der Waals surface area contributed by atoms with Crippen LogP contribution in [0.5, 0.6) is 0 Å². The molecule has 0 amide bonds. The van der Waals surface area contributed by atoms with Crippen molar-refractivity contribution in [3.63, 3.8) is 0 Å². The third-order valence-corrected chi connectivity index (χ3v) is 3.10. The molecule has 6 heteroatoms. The van der Waals surface area contributed by atoms with Gasteiger partial charge in [-0.3, -0.25) is 10.1 Å². The number of para-hydroxylation sites is 1. The van der Waals surface area contributed by atoms with Crippen molar-refractivity contribution in [2.75, 3.05) is 37.4 Å². The molecule has 0 radical (unpaired) electrons. The molecule has 1 aromatic carbocycles. The van der Waals surface area contributed by atoms with E-state index in [0.717, 1.165) is 12.5 Å². The summed E-state index contributed by atoms with van der Waals surface area (Å²) in [6.45, 7) is 1.94. The number of rotatable bonds is 8. The van der Waals surface area contributed by atoms with Crippen molar-refractivity contribution in [2.45, 2.75) is 12.8 Å². The molecule has 104 valence electrons. The summed E-state index contributed by atoms with van der Waals surface area (Å²) < 4.78 is 5.49. The first-order valence-electron chi connectivity index (χ1n) is 6.49. The molecule has 2 rings (SSSR count). The van der Waals surface area contributed by atoms with E-state index in [1.165, 1.54) is 12.8 Å². The van der Waals surface area contributed by atoms with Crippen molar-refractivity contribution in [1.29, 1.82) is 0 Å². The van der Waals surface area contributed by atoms with Crippen LogP contribution < -0.4 is 10.6 Å². The van der Waals surface area contributed by atoms with Crippen LogP contribution in [0, 0.1) is 16.0 Å². The van der Waals surface area contributed by atoms with Gasteiger partial charge in [-0.15, -0.1) is 0 Å². The zero-order chi connectivity index (χ0) is 13.7. The Balaban J connectivity index is 1.88. The first-order valence-corrected chi connectivity index (χ1v) is 6.49. The fraction of sp³-hybridized carbons (Fsp3) is 0.538. The minimum absolute atomic E-state index is 0.0761. The molecule has 0 saturated heterocycles. The Morgan fingerprint density at radius 1 is 1.42 bits per heavy atom. The maximum absolute atomic E-state index is 11.1. The van der Waals surface area contributed by atoms with Crippen LogP contribution in [0.1, 0.15) is 12.8 Å². The predicted octanol–water partition coefficient (Wildman–Crippen LogP) is 2.48. The molecule has 0 heterocycles. The second-order valence-electron chi connectivity index (χ2n) is 4.65. The maximum atomic E-state index is 11.1. The van der Waals surface area contributed by atoms with Crippen LogP contribution in [0.2, 0.25) is 0 Å². The zero-order valence-corrected chi connectivity index (χ0v) is 11.0. The Bertz CT molecular complexity index is 447. The van der Waals surface area contributed by atoms with Crippen molar-refractivity contribution in [3.05, 3.63) is 28.3 Å². The minimum Gasteiger partial charge on any atom is -0.382 e. The quantitative estimate of drug-likeness (QED) is 0.429. The van der Waals surface area contributed by atoms with E-state index in [9.17, 15) is 10.1 Å². The maximum Gasteiger partial charge on any atom is 0.315 e. The van der Waals surface area contributed by atoms with Crippen LogP contribution in [0.25, 0.3) is 0 Å². The number of nitro benzene ring substituents is 1. The van der Waals surface area contributed by atoms with Crippen LogP contribution >= 0.6 is 0 Å². The molecule has 1 aromatic rings. The van der Waals surface area contributed by atoms with Gasteiger partial charge in [0, 0.05) is 20.2 Å². The first kappa shape index (κ1) is 13.6. The molecule has 1 saturated carbocycles. The van der Waals surface area contributed by atoms with E-state index in [0.29, 0.717) is 24.5 Å². The smallest absolute Gasteiger partial charge is 0.315 e. The third kappa shape index (κ3) is 3.82. The Morgan fingerprint density at radius 2 is 2.16 bits per heavy atom. The number of nitro groups is 1. The number of hydrogen-bond donors (Lipinski definition) is 2. The summed E-state index contributed by atoms with van der Waals surface area (Å²) >= 11 is 0. The molecule has 0 aliphatic heterocycles. The highest BCUT2D eigenvalue weighted by molar-refractivity contribution is 5.75. The summed E-state index contributed by atoms with van der Waals surface area (Å²) in [5.74, 6) is 0.738. The van der Waals surface area contributed by atoms with Gasteiger partial charge in [-0.1, -0.05) is 6.07 Å². The van der Waals surface area contributed by atoms with E-state index in [1.54, 1.807) is 25.2 Å². The fourth-order valence-electron chi connectivity index (χ4n) is 1.88. The lowest BCUT2D eigenvalue weighted by Gasteiger charge is -2.10. The molecule has 1 fully saturated rings. The summed E-state index contributed by atoms with van der Waals surface area (Å²) in [6, 6.07) is 5.18. The summed E-state index contributed by atoms with van der Waals surface area (Å²) in [5, 5.41) is 17.0. The monoisotopic (exact) mass is 265 g/mol. The third-order valence-electron chi connectivity index (χ3n) is 3.10. The van der Waals surface area contributed by atoms with Crippen LogP contribution in [0.4, 0.5) is 17.1 Å². The van der Waals surface area contributed by atoms with Crippen molar-refractivity contribution in [1.82, 2.24) is 0 Å². The van der Waals surface area contributed by atoms with Gasteiger partial charge in [0.1, 0.15) is 11.4 Å². The van der Waals surface area contributed by atoms with Gasteiger partial charge in [-0.25, -0.2) is 0 Å². The van der Waals surface area contributed by atoms with Crippen molar-refractivity contribution in [3.8, 4) is 0 Å². The van der Waals surface area contributed by atoms with Crippen molar-refractivity contribution < 1.29 is 9.66 Å². The highest BCUT2D eigenvalue weighted by Crippen LogP contribution is 2.32. The molecule has 1 aliphatic carbocycles. The highest BCUT2D eigenvalue weighted by Gasteiger charge is 2.21. The van der Waals surface area contributed by atoms with Crippen LogP contribution in [0.3, 0.4) is 0 Å². The molecule has 0 atom stereocenters. The van der Waals surface area contributed by atoms with E-state index in [4.69, 9.17) is 4.74 Å². The Hall–Kier alpha value is -1.82. The molecular formula is C13H19N3O3. The number of ether oxygens (including phenoxy) is 1. The molecule has 0 bridgehead atoms. The van der Waals surface area contributed by atoms with Crippen molar-refractivity contribution in [2.24, 2.45) is 5.92 Å². The summed E-state index contributed by atoms with van der Waals surface area (Å²) in [6.07, 6.45) is 2.53. The van der Waals surface area contributed by atoms with E-state index < -0.39 is 0 Å². The number of nitrogens with one attached hydrogen (secondary N) is 2. The van der Waals surface area contributed by atoms with E-state index >= 15 is 0 Å². The lowest BCUT2D eigenvalue weighted by Crippen LogP contribution is -2.12. The lowest BCUT2D eigenvalue weighted by molar-refractivity contribution is -0.383. The molecular weight excluding hydrogens is 246 g/mol. The number of hydrogen-bond acceptors (Lipinski definition) is 5. The summed E-state index contributed by atoms with van der Waals surface area (Å²) in [7, 11) is 1.67. The molecule has 0 spiro atoms. The van der Waals surface area contributed by atoms with Crippen LogP contribution in [-0.4, -0.2) is 31.7 Å². The standard InChI is InChI=1S/C13H19N3O3/c1-14-11-3-2-4-12(13(11)16(17)18)15-7-8-19-9-10-5-6-10/h2-4,10,14-15H,5-9H2,1H3. The molecule has 0 unspecified atom stereocenters. The Labute approximate surface area is 112 Å². The van der Waals surface area contributed by atoms with Gasteiger partial charge in [0.25, 0.3) is 0 Å². The Kier molecular flexibility index (Phi) is 4.57. The van der Waals surface area contributed by atoms with Gasteiger partial charge in [0.05, 0.1) is 11.5 Å². The normalized spacial score (nSPS) is 14.2. The molecule has 2 N–H and O–H groups in total. The molecule has 19 heavy (non-hydrogen) atoms. The second-order valence-corrected chi connectivity index (χ2v) is 4.65.